The van der Waals surface area contributed by atoms with E-state index in [4.69, 9.17) is 4.74 Å². The summed E-state index contributed by atoms with van der Waals surface area (Å²) in [4.78, 5) is 13.4. The van der Waals surface area contributed by atoms with Crippen LogP contribution < -0.4 is 15.0 Å². The fraction of sp³-hybridized carbons (Fsp3) is 0.533. The largest absolute Gasteiger partial charge is 0.492 e. The highest BCUT2D eigenvalue weighted by Gasteiger charge is 2.18. The number of rotatable bonds is 5. The number of hydrogen-bond acceptors (Lipinski definition) is 2. The second kappa shape index (κ2) is 7.14. The molecule has 0 atom stereocenters. The molecule has 19 heavy (non-hydrogen) atoms. The van der Waals surface area contributed by atoms with Crippen LogP contribution in [0.2, 0.25) is 0 Å². The molecule has 4 nitrogen and oxygen atoms in total. The lowest BCUT2D eigenvalue weighted by Crippen LogP contribution is -3.13. The number of quaternary nitrogens is 1. The number of carbonyl (C=O) groups is 1. The van der Waals surface area contributed by atoms with Crippen LogP contribution in [0.3, 0.4) is 0 Å². The zero-order valence-electron chi connectivity index (χ0n) is 11.6. The Morgan fingerprint density at radius 2 is 2.00 bits per heavy atom. The first-order chi connectivity index (χ1) is 9.29. The minimum Gasteiger partial charge on any atom is -0.492 e. The van der Waals surface area contributed by atoms with Crippen molar-refractivity contribution in [2.75, 3.05) is 31.6 Å². The van der Waals surface area contributed by atoms with Crippen molar-refractivity contribution in [3.63, 3.8) is 0 Å². The summed E-state index contributed by atoms with van der Waals surface area (Å²) in [7, 11) is 0. The Morgan fingerprint density at radius 1 is 1.26 bits per heavy atom. The van der Waals surface area contributed by atoms with Crippen LogP contribution in [-0.4, -0.2) is 32.1 Å². The van der Waals surface area contributed by atoms with Crippen LogP contribution in [0.1, 0.15) is 26.2 Å². The topological polar surface area (TPSA) is 42.8 Å². The molecule has 0 aromatic heterocycles. The number of piperidine rings is 1. The van der Waals surface area contributed by atoms with Crippen molar-refractivity contribution in [3.05, 3.63) is 24.3 Å². The minimum absolute atomic E-state index is 0.0732. The summed E-state index contributed by atoms with van der Waals surface area (Å²) < 4.78 is 5.51. The van der Waals surface area contributed by atoms with E-state index in [1.54, 1.807) is 0 Å². The maximum absolute atomic E-state index is 12.0. The van der Waals surface area contributed by atoms with Gasteiger partial charge in [-0.25, -0.2) is 0 Å². The second-order valence-electron chi connectivity index (χ2n) is 4.96. The van der Waals surface area contributed by atoms with E-state index < -0.39 is 0 Å². The molecule has 1 aromatic rings. The van der Waals surface area contributed by atoms with Gasteiger partial charge >= 0.3 is 0 Å². The van der Waals surface area contributed by atoms with Gasteiger partial charge in [-0.05, 0) is 38.3 Å². The highest BCUT2D eigenvalue weighted by molar-refractivity contribution is 5.92. The number of anilines is 1. The number of para-hydroxylation sites is 2. The van der Waals surface area contributed by atoms with Gasteiger partial charge in [0.2, 0.25) is 0 Å². The molecule has 1 aliphatic heterocycles. The van der Waals surface area contributed by atoms with E-state index in [0.29, 0.717) is 13.2 Å². The zero-order valence-corrected chi connectivity index (χ0v) is 11.6. The first kappa shape index (κ1) is 13.9. The van der Waals surface area contributed by atoms with E-state index in [2.05, 4.69) is 5.32 Å². The summed E-state index contributed by atoms with van der Waals surface area (Å²) in [6, 6.07) is 7.59. The number of benzene rings is 1. The monoisotopic (exact) mass is 263 g/mol. The Balaban J connectivity index is 1.90. The average molecular weight is 263 g/mol. The lowest BCUT2D eigenvalue weighted by atomic mass is 10.1. The fourth-order valence-corrected chi connectivity index (χ4v) is 2.50. The summed E-state index contributed by atoms with van der Waals surface area (Å²) in [5.41, 5.74) is 0.769. The van der Waals surface area contributed by atoms with Crippen molar-refractivity contribution in [1.82, 2.24) is 0 Å². The van der Waals surface area contributed by atoms with Crippen LogP contribution in [0.15, 0.2) is 24.3 Å². The Morgan fingerprint density at radius 3 is 2.74 bits per heavy atom. The van der Waals surface area contributed by atoms with E-state index in [-0.39, 0.29) is 5.91 Å². The van der Waals surface area contributed by atoms with Crippen molar-refractivity contribution in [2.45, 2.75) is 26.2 Å². The van der Waals surface area contributed by atoms with Crippen LogP contribution in [0.4, 0.5) is 5.69 Å². The van der Waals surface area contributed by atoms with Gasteiger partial charge in [-0.15, -0.1) is 0 Å². The van der Waals surface area contributed by atoms with Gasteiger partial charge in [0, 0.05) is 0 Å². The normalized spacial score (nSPS) is 16.1. The molecular formula is C15H23N2O2+. The molecule has 1 amide bonds. The van der Waals surface area contributed by atoms with Crippen LogP contribution in [0.25, 0.3) is 0 Å². The molecule has 2 N–H and O–H groups in total. The van der Waals surface area contributed by atoms with Gasteiger partial charge in [-0.3, -0.25) is 4.79 Å². The summed E-state index contributed by atoms with van der Waals surface area (Å²) >= 11 is 0. The van der Waals surface area contributed by atoms with E-state index in [1.807, 2.05) is 31.2 Å². The van der Waals surface area contributed by atoms with Crippen molar-refractivity contribution in [2.24, 2.45) is 0 Å². The molecule has 0 unspecified atom stereocenters. The Kier molecular flexibility index (Phi) is 5.21. The van der Waals surface area contributed by atoms with Crippen molar-refractivity contribution in [3.8, 4) is 5.75 Å². The molecular weight excluding hydrogens is 240 g/mol. The van der Waals surface area contributed by atoms with E-state index in [9.17, 15) is 4.79 Å². The summed E-state index contributed by atoms with van der Waals surface area (Å²) in [5, 5.41) is 2.96. The number of likely N-dealkylation sites (tertiary alicyclic amines) is 1. The Bertz CT molecular complexity index is 414. The molecule has 1 heterocycles. The zero-order chi connectivity index (χ0) is 13.5. The third kappa shape index (κ3) is 4.24. The van der Waals surface area contributed by atoms with Gasteiger partial charge in [0.05, 0.1) is 25.4 Å². The molecule has 1 aliphatic rings. The maximum atomic E-state index is 12.0. The van der Waals surface area contributed by atoms with Crippen molar-refractivity contribution in [1.29, 1.82) is 0 Å². The first-order valence-corrected chi connectivity index (χ1v) is 7.15. The molecule has 2 rings (SSSR count). The molecule has 0 saturated carbocycles. The predicted octanol–water partition coefficient (Wildman–Crippen LogP) is 1.09. The maximum Gasteiger partial charge on any atom is 0.279 e. The smallest absolute Gasteiger partial charge is 0.279 e. The lowest BCUT2D eigenvalue weighted by molar-refractivity contribution is -0.896. The molecule has 0 bridgehead atoms. The number of ether oxygens (including phenoxy) is 1. The van der Waals surface area contributed by atoms with Crippen LogP contribution in [0, 0.1) is 0 Å². The standard InChI is InChI=1S/C15H22N2O2/c1-2-19-14-9-5-4-8-13(14)16-15(18)12-17-10-6-3-7-11-17/h4-5,8-9H,2-3,6-7,10-12H2,1H3,(H,16,18)/p+1. The number of nitrogens with one attached hydrogen (secondary N) is 2. The van der Waals surface area contributed by atoms with Gasteiger partial charge in [-0.2, -0.15) is 0 Å². The van der Waals surface area contributed by atoms with Gasteiger partial charge < -0.3 is 15.0 Å². The molecule has 1 aromatic carbocycles. The second-order valence-corrected chi connectivity index (χ2v) is 4.96. The molecule has 0 aliphatic carbocycles. The highest BCUT2D eigenvalue weighted by Crippen LogP contribution is 2.23. The number of hydrogen-bond donors (Lipinski definition) is 2. The summed E-state index contributed by atoms with van der Waals surface area (Å²) in [5.74, 6) is 0.816. The van der Waals surface area contributed by atoms with Gasteiger partial charge in [-0.1, -0.05) is 12.1 Å². The quantitative estimate of drug-likeness (QED) is 0.835. The van der Waals surface area contributed by atoms with E-state index in [1.165, 1.54) is 24.2 Å². The molecule has 104 valence electrons. The Labute approximate surface area is 114 Å². The highest BCUT2D eigenvalue weighted by atomic mass is 16.5. The van der Waals surface area contributed by atoms with Crippen LogP contribution >= 0.6 is 0 Å². The lowest BCUT2D eigenvalue weighted by Gasteiger charge is -2.23. The molecule has 1 fully saturated rings. The van der Waals surface area contributed by atoms with Crippen LogP contribution in [0.5, 0.6) is 5.75 Å². The van der Waals surface area contributed by atoms with Crippen molar-refractivity contribution < 1.29 is 14.4 Å². The van der Waals surface area contributed by atoms with E-state index in [0.717, 1.165) is 24.5 Å². The summed E-state index contributed by atoms with van der Waals surface area (Å²) in [6.07, 6.45) is 3.77. The molecule has 0 radical (unpaired) electrons. The first-order valence-electron chi connectivity index (χ1n) is 7.15. The SMILES string of the molecule is CCOc1ccccc1NC(=O)C[NH+]1CCCCC1. The third-order valence-electron chi connectivity index (χ3n) is 3.43. The fourth-order valence-electron chi connectivity index (χ4n) is 2.50. The molecule has 1 saturated heterocycles. The Hall–Kier alpha value is -1.55. The minimum atomic E-state index is 0.0732. The van der Waals surface area contributed by atoms with E-state index >= 15 is 0 Å². The average Bonchev–Trinajstić information content (AvgIpc) is 2.42. The number of carbonyl (C=O) groups excluding carboxylic acids is 1. The van der Waals surface area contributed by atoms with Gasteiger partial charge in [0.25, 0.3) is 5.91 Å². The summed E-state index contributed by atoms with van der Waals surface area (Å²) in [6.45, 7) is 5.32. The molecule has 4 heteroatoms. The van der Waals surface area contributed by atoms with Gasteiger partial charge in [0.1, 0.15) is 5.75 Å². The third-order valence-corrected chi connectivity index (χ3v) is 3.43. The molecule has 0 spiro atoms. The van der Waals surface area contributed by atoms with Crippen molar-refractivity contribution >= 4 is 11.6 Å². The van der Waals surface area contributed by atoms with Crippen LogP contribution in [-0.2, 0) is 4.79 Å². The number of amides is 1. The van der Waals surface area contributed by atoms with Gasteiger partial charge in [0.15, 0.2) is 6.54 Å². The predicted molar refractivity (Wildman–Crippen MR) is 75.7 cm³/mol.